The van der Waals surface area contributed by atoms with E-state index in [4.69, 9.17) is 9.15 Å². The van der Waals surface area contributed by atoms with Gasteiger partial charge in [0.25, 0.3) is 5.91 Å². The lowest BCUT2D eigenvalue weighted by Gasteiger charge is -2.27. The number of rotatable bonds is 1. The quantitative estimate of drug-likeness (QED) is 0.519. The first-order valence-corrected chi connectivity index (χ1v) is 12.0. The molecule has 0 saturated carbocycles. The van der Waals surface area contributed by atoms with Crippen LogP contribution in [0.15, 0.2) is 46.6 Å². The molecule has 9 heteroatoms. The molecule has 2 rings (SSSR count). The fourth-order valence-corrected chi connectivity index (χ4v) is 3.61. The second-order valence-electron chi connectivity index (χ2n) is 9.22. The van der Waals surface area contributed by atoms with Crippen LogP contribution in [0.4, 0.5) is 0 Å². The number of esters is 1. The number of fused-ring (bicyclic) bond motifs is 2. The first-order chi connectivity index (χ1) is 16.6. The van der Waals surface area contributed by atoms with Crippen LogP contribution in [0.25, 0.3) is 0 Å². The van der Waals surface area contributed by atoms with E-state index < -0.39 is 30.1 Å². The molecule has 0 spiro atoms. The smallest absolute Gasteiger partial charge is 0.328 e. The van der Waals surface area contributed by atoms with Crippen LogP contribution in [0.1, 0.15) is 63.8 Å². The van der Waals surface area contributed by atoms with Crippen molar-refractivity contribution in [3.8, 4) is 0 Å². The zero-order chi connectivity index (χ0) is 26.0. The summed E-state index contributed by atoms with van der Waals surface area (Å²) in [6.07, 6.45) is 10.3. The normalized spacial score (nSPS) is 29.3. The van der Waals surface area contributed by atoms with Gasteiger partial charge in [-0.15, -0.1) is 0 Å². The van der Waals surface area contributed by atoms with Gasteiger partial charge in [0.2, 0.25) is 5.91 Å². The van der Waals surface area contributed by atoms with Gasteiger partial charge in [0.15, 0.2) is 11.6 Å². The summed E-state index contributed by atoms with van der Waals surface area (Å²) in [5.41, 5.74) is 1.04. The molecule has 0 saturated heterocycles. The fraction of sp³-hybridized carbons (Fsp3) is 0.538. The van der Waals surface area contributed by atoms with Crippen molar-refractivity contribution in [3.05, 3.63) is 53.8 Å². The molecule has 0 radical (unpaired) electrons. The summed E-state index contributed by atoms with van der Waals surface area (Å²) in [4.78, 5) is 41.5. The van der Waals surface area contributed by atoms with Crippen molar-refractivity contribution in [1.29, 1.82) is 0 Å². The largest absolute Gasteiger partial charge is 0.460 e. The van der Waals surface area contributed by atoms with E-state index in [0.29, 0.717) is 19.4 Å². The number of aliphatic hydroxyl groups excluding tert-OH is 1. The fourth-order valence-electron chi connectivity index (χ4n) is 3.61. The van der Waals surface area contributed by atoms with Crippen LogP contribution in [0, 0.1) is 11.8 Å². The molecule has 0 aromatic carbocycles. The van der Waals surface area contributed by atoms with Crippen LogP contribution in [-0.4, -0.2) is 52.7 Å². The molecule has 4 atom stereocenters. The van der Waals surface area contributed by atoms with Gasteiger partial charge >= 0.3 is 5.97 Å². The summed E-state index contributed by atoms with van der Waals surface area (Å²) < 4.78 is 11.0. The van der Waals surface area contributed by atoms with Crippen molar-refractivity contribution < 1.29 is 28.6 Å². The summed E-state index contributed by atoms with van der Waals surface area (Å²) in [6, 6.07) is -0.919. The van der Waals surface area contributed by atoms with Crippen LogP contribution >= 0.6 is 0 Å². The Labute approximate surface area is 206 Å². The lowest BCUT2D eigenvalue weighted by atomic mass is 9.94. The maximum Gasteiger partial charge on any atom is 0.328 e. The summed E-state index contributed by atoms with van der Waals surface area (Å²) in [5, 5.41) is 15.6. The number of amides is 2. The third-order valence-electron chi connectivity index (χ3n) is 5.62. The molecule has 1 aromatic heterocycles. The third kappa shape index (κ3) is 9.52. The van der Waals surface area contributed by atoms with Gasteiger partial charge in [-0.2, -0.15) is 0 Å². The monoisotopic (exact) mass is 487 g/mol. The zero-order valence-corrected chi connectivity index (χ0v) is 21.1. The SMILES string of the molecule is CC1=C\CCC(O)Cc2nc(co2)C(=O)NC(C)C(=O)OC(C(C)C)C(C)/C=C/C(=O)NC\C=C\1. The molecule has 4 unspecified atom stereocenters. The minimum absolute atomic E-state index is 0.0127. The van der Waals surface area contributed by atoms with E-state index in [1.807, 2.05) is 45.9 Å². The van der Waals surface area contributed by atoms with Crippen LogP contribution in [-0.2, 0) is 20.7 Å². The second-order valence-corrected chi connectivity index (χ2v) is 9.22. The number of cyclic esters (lactones) is 1. The van der Waals surface area contributed by atoms with Gasteiger partial charge in [-0.1, -0.05) is 50.6 Å². The Kier molecular flexibility index (Phi) is 10.9. The Morgan fingerprint density at radius 2 is 1.91 bits per heavy atom. The van der Waals surface area contributed by atoms with E-state index in [2.05, 4.69) is 15.6 Å². The van der Waals surface area contributed by atoms with E-state index in [9.17, 15) is 19.5 Å². The number of carbonyl (C=O) groups is 3. The first kappa shape index (κ1) is 28.0. The van der Waals surface area contributed by atoms with Gasteiger partial charge in [0.1, 0.15) is 18.4 Å². The molecule has 192 valence electrons. The molecule has 1 aliphatic rings. The molecule has 1 aliphatic heterocycles. The van der Waals surface area contributed by atoms with Crippen LogP contribution < -0.4 is 10.6 Å². The predicted molar refractivity (Wildman–Crippen MR) is 131 cm³/mol. The Balaban J connectivity index is 2.20. The molecule has 0 aliphatic carbocycles. The van der Waals surface area contributed by atoms with E-state index in [-0.39, 0.29) is 35.7 Å². The lowest BCUT2D eigenvalue weighted by Crippen LogP contribution is -2.42. The number of aliphatic hydroxyl groups is 1. The van der Waals surface area contributed by atoms with E-state index in [1.165, 1.54) is 19.3 Å². The van der Waals surface area contributed by atoms with E-state index >= 15 is 0 Å². The van der Waals surface area contributed by atoms with Crippen LogP contribution in [0.5, 0.6) is 0 Å². The number of aromatic nitrogens is 1. The van der Waals surface area contributed by atoms with Gasteiger partial charge in [0.05, 0.1) is 12.5 Å². The maximum absolute atomic E-state index is 12.7. The molecule has 0 fully saturated rings. The Bertz CT molecular complexity index is 962. The van der Waals surface area contributed by atoms with Gasteiger partial charge in [-0.25, -0.2) is 9.78 Å². The number of nitrogens with one attached hydrogen (secondary N) is 2. The highest BCUT2D eigenvalue weighted by atomic mass is 16.5. The number of oxazole rings is 1. The first-order valence-electron chi connectivity index (χ1n) is 12.0. The molecule has 1 aromatic rings. The van der Waals surface area contributed by atoms with Crippen molar-refractivity contribution in [2.45, 2.75) is 72.1 Å². The standard InChI is InChI=1S/C26H37N3O6/c1-16(2)24-18(4)11-12-22(31)27-13-7-9-17(3)8-6-10-20(30)14-23-29-21(15-34-23)25(32)28-19(5)26(33)35-24/h7-9,11-12,15-16,18-20,24,30H,6,10,13-14H2,1-5H3,(H,27,31)(H,28,32)/b9-7+,12-11+,17-8+. The summed E-state index contributed by atoms with van der Waals surface area (Å²) >= 11 is 0. The molecule has 35 heavy (non-hydrogen) atoms. The topological polar surface area (TPSA) is 131 Å². The molecule has 3 N–H and O–H groups in total. The average molecular weight is 488 g/mol. The second kappa shape index (κ2) is 13.6. The molecular formula is C26H37N3O6. The number of allylic oxidation sites excluding steroid dienone is 3. The third-order valence-corrected chi connectivity index (χ3v) is 5.62. The van der Waals surface area contributed by atoms with E-state index in [0.717, 1.165) is 5.57 Å². The number of hydrogen-bond donors (Lipinski definition) is 3. The molecular weight excluding hydrogens is 450 g/mol. The van der Waals surface area contributed by atoms with Gasteiger partial charge < -0.3 is 24.9 Å². The molecule has 2 amide bonds. The average Bonchev–Trinajstić information content (AvgIpc) is 3.26. The Hall–Kier alpha value is -3.20. The van der Waals surface area contributed by atoms with Crippen molar-refractivity contribution in [2.24, 2.45) is 11.8 Å². The minimum atomic E-state index is -0.919. The highest BCUT2D eigenvalue weighted by Crippen LogP contribution is 2.19. The van der Waals surface area contributed by atoms with Gasteiger partial charge in [0, 0.05) is 12.5 Å². The van der Waals surface area contributed by atoms with E-state index in [1.54, 1.807) is 6.08 Å². The summed E-state index contributed by atoms with van der Waals surface area (Å²) in [5.74, 6) is -1.40. The van der Waals surface area contributed by atoms with Crippen LogP contribution in [0.3, 0.4) is 0 Å². The van der Waals surface area contributed by atoms with Crippen molar-refractivity contribution >= 4 is 17.8 Å². The Morgan fingerprint density at radius 3 is 2.63 bits per heavy atom. The number of nitrogens with zero attached hydrogens (tertiary/aromatic N) is 1. The maximum atomic E-state index is 12.7. The van der Waals surface area contributed by atoms with Gasteiger partial charge in [-0.05, 0) is 38.7 Å². The number of hydrogen-bond acceptors (Lipinski definition) is 7. The highest BCUT2D eigenvalue weighted by molar-refractivity contribution is 5.94. The molecule has 9 nitrogen and oxygen atoms in total. The molecule has 2 bridgehead atoms. The molecule has 2 heterocycles. The van der Waals surface area contributed by atoms with Crippen LogP contribution in [0.2, 0.25) is 0 Å². The summed E-state index contributed by atoms with van der Waals surface area (Å²) in [7, 11) is 0. The Morgan fingerprint density at radius 1 is 1.17 bits per heavy atom. The minimum Gasteiger partial charge on any atom is -0.460 e. The van der Waals surface area contributed by atoms with Crippen molar-refractivity contribution in [1.82, 2.24) is 15.6 Å². The number of ether oxygens (including phenoxy) is 1. The number of carbonyl (C=O) groups excluding carboxylic acids is 3. The lowest BCUT2D eigenvalue weighted by molar-refractivity contribution is -0.155. The highest BCUT2D eigenvalue weighted by Gasteiger charge is 2.27. The predicted octanol–water partition coefficient (Wildman–Crippen LogP) is 2.87. The zero-order valence-electron chi connectivity index (χ0n) is 21.1. The van der Waals surface area contributed by atoms with Crippen molar-refractivity contribution in [2.75, 3.05) is 6.54 Å². The van der Waals surface area contributed by atoms with Gasteiger partial charge in [-0.3, -0.25) is 9.59 Å². The van der Waals surface area contributed by atoms with Crippen molar-refractivity contribution in [3.63, 3.8) is 0 Å². The summed E-state index contributed by atoms with van der Waals surface area (Å²) in [6.45, 7) is 9.56.